The molecule has 71 heavy (non-hydrogen) atoms. The van der Waals surface area contributed by atoms with Crippen LogP contribution >= 0.6 is 0 Å². The Morgan fingerprint density at radius 3 is 1.10 bits per heavy atom. The highest BCUT2D eigenvalue weighted by Crippen LogP contribution is 2.18. The van der Waals surface area contributed by atoms with Crippen LogP contribution in [0.25, 0.3) is 0 Å². The maximum Gasteiger partial charge on any atom is 0.305 e. The monoisotopic (exact) mass is 998 g/mol. The Morgan fingerprint density at radius 1 is 0.394 bits per heavy atom. The summed E-state index contributed by atoms with van der Waals surface area (Å²) in [6.45, 7) is 4.89. The van der Waals surface area contributed by atoms with Crippen molar-refractivity contribution in [3.05, 3.63) is 36.5 Å². The highest BCUT2D eigenvalue weighted by atomic mass is 16.5. The van der Waals surface area contributed by atoms with Gasteiger partial charge < -0.3 is 20.3 Å². The van der Waals surface area contributed by atoms with Crippen LogP contribution in [0, 0.1) is 0 Å². The smallest absolute Gasteiger partial charge is 0.305 e. The molecule has 0 saturated heterocycles. The molecule has 0 rings (SSSR count). The molecule has 0 spiro atoms. The van der Waals surface area contributed by atoms with Crippen LogP contribution in [0.2, 0.25) is 0 Å². The summed E-state index contributed by atoms with van der Waals surface area (Å²) in [5.41, 5.74) is 0. The number of aliphatic hydroxyl groups excluding tert-OH is 2. The molecule has 0 heterocycles. The van der Waals surface area contributed by atoms with E-state index in [2.05, 4.69) is 43.5 Å². The Morgan fingerprint density at radius 2 is 0.704 bits per heavy atom. The average Bonchev–Trinajstić information content (AvgIpc) is 3.37. The van der Waals surface area contributed by atoms with Gasteiger partial charge in [0.25, 0.3) is 0 Å². The van der Waals surface area contributed by atoms with Crippen molar-refractivity contribution in [2.45, 2.75) is 353 Å². The quantitative estimate of drug-likeness (QED) is 0.0321. The second-order valence-electron chi connectivity index (χ2n) is 21.7. The number of ether oxygens (including phenoxy) is 1. The number of unbranched alkanes of at least 4 members (excludes halogenated alkanes) is 44. The fourth-order valence-corrected chi connectivity index (χ4v) is 9.78. The van der Waals surface area contributed by atoms with Crippen molar-refractivity contribution in [2.75, 3.05) is 13.2 Å². The summed E-state index contributed by atoms with van der Waals surface area (Å²) in [6.07, 6.45) is 76.2. The van der Waals surface area contributed by atoms with Crippen LogP contribution in [0.4, 0.5) is 0 Å². The third-order valence-corrected chi connectivity index (χ3v) is 14.7. The van der Waals surface area contributed by atoms with Gasteiger partial charge in [0.05, 0.1) is 25.4 Å². The van der Waals surface area contributed by atoms with E-state index in [0.717, 1.165) is 51.4 Å². The number of hydrogen-bond acceptors (Lipinski definition) is 5. The highest BCUT2D eigenvalue weighted by molar-refractivity contribution is 5.76. The van der Waals surface area contributed by atoms with Gasteiger partial charge in [-0.1, -0.05) is 301 Å². The number of allylic oxidation sites excluding steroid dienone is 5. The Bertz CT molecular complexity index is 1150. The summed E-state index contributed by atoms with van der Waals surface area (Å²) in [7, 11) is 0. The summed E-state index contributed by atoms with van der Waals surface area (Å²) in [6, 6.07) is -0.627. The van der Waals surface area contributed by atoms with E-state index in [1.54, 1.807) is 6.08 Å². The third kappa shape index (κ3) is 57.2. The molecule has 0 aliphatic heterocycles. The predicted octanol–water partition coefficient (Wildman–Crippen LogP) is 20.0. The highest BCUT2D eigenvalue weighted by Gasteiger charge is 2.18. The summed E-state index contributed by atoms with van der Waals surface area (Å²) in [4.78, 5) is 24.5. The summed E-state index contributed by atoms with van der Waals surface area (Å²) < 4.78 is 5.48. The molecule has 0 fully saturated rings. The first-order chi connectivity index (χ1) is 35.0. The van der Waals surface area contributed by atoms with Gasteiger partial charge in [0.1, 0.15) is 0 Å². The second-order valence-corrected chi connectivity index (χ2v) is 21.7. The minimum Gasteiger partial charge on any atom is -0.466 e. The first-order valence-corrected chi connectivity index (χ1v) is 31.8. The number of carbonyl (C=O) groups is 2. The van der Waals surface area contributed by atoms with Gasteiger partial charge in [-0.25, -0.2) is 0 Å². The van der Waals surface area contributed by atoms with Crippen molar-refractivity contribution in [2.24, 2.45) is 0 Å². The van der Waals surface area contributed by atoms with E-state index in [1.807, 2.05) is 6.08 Å². The molecule has 0 aromatic rings. The maximum atomic E-state index is 12.5. The van der Waals surface area contributed by atoms with Crippen LogP contribution in [-0.4, -0.2) is 47.4 Å². The molecule has 2 atom stereocenters. The van der Waals surface area contributed by atoms with Gasteiger partial charge >= 0.3 is 5.97 Å². The molecule has 0 aliphatic carbocycles. The molecule has 0 bridgehead atoms. The van der Waals surface area contributed by atoms with E-state index in [4.69, 9.17) is 4.74 Å². The number of rotatable bonds is 59. The standard InChI is InChI=1S/C65H123NO5/c1-3-5-7-9-11-13-15-17-29-33-37-41-45-49-53-57-63(68)62(61-67)66-64(69)58-54-50-46-42-38-34-31-27-25-23-21-19-20-22-24-26-28-32-36-40-44-48-52-56-60-71-65(70)59-55-51-47-43-39-35-30-18-16-14-12-10-8-6-4-2/h12,14,18,30,53,57,62-63,67-68H,3-11,13,15-17,19-29,31-52,54-56,58-61H2,1-2H3,(H,66,69)/b14-12-,30-18-,57-53+/t62-,63+/m0/s1. The lowest BCUT2D eigenvalue weighted by Crippen LogP contribution is -2.45. The number of carbonyl (C=O) groups excluding carboxylic acids is 2. The molecule has 1 amide bonds. The van der Waals surface area contributed by atoms with Gasteiger partial charge in [0, 0.05) is 12.8 Å². The molecule has 6 heteroatoms. The predicted molar refractivity (Wildman–Crippen MR) is 310 cm³/mol. The van der Waals surface area contributed by atoms with E-state index in [9.17, 15) is 19.8 Å². The average molecular weight is 999 g/mol. The Hall–Kier alpha value is -1.92. The van der Waals surface area contributed by atoms with E-state index < -0.39 is 12.1 Å². The van der Waals surface area contributed by atoms with Crippen molar-refractivity contribution < 1.29 is 24.5 Å². The molecule has 418 valence electrons. The van der Waals surface area contributed by atoms with Crippen molar-refractivity contribution in [3.8, 4) is 0 Å². The number of esters is 1. The SMILES string of the molecule is CCCCC/C=C\C/C=C\CCCCCCCC(=O)OCCCCCCCCCCCCCCCCCCCCCCCCCCC(=O)N[C@@H](CO)[C@H](O)/C=C/CCCCCCCCCCCCCCC. The van der Waals surface area contributed by atoms with Gasteiger partial charge in [-0.05, 0) is 64.2 Å². The first kappa shape index (κ1) is 69.1. The minimum absolute atomic E-state index is 0.000996. The molecular weight excluding hydrogens is 875 g/mol. The van der Waals surface area contributed by atoms with Crippen molar-refractivity contribution >= 4 is 11.9 Å². The lowest BCUT2D eigenvalue weighted by atomic mass is 10.0. The van der Waals surface area contributed by atoms with E-state index in [-0.39, 0.29) is 18.5 Å². The lowest BCUT2D eigenvalue weighted by Gasteiger charge is -2.20. The van der Waals surface area contributed by atoms with Crippen molar-refractivity contribution in [1.29, 1.82) is 0 Å². The third-order valence-electron chi connectivity index (χ3n) is 14.7. The molecule has 6 nitrogen and oxygen atoms in total. The topological polar surface area (TPSA) is 95.9 Å². The van der Waals surface area contributed by atoms with Crippen LogP contribution in [0.1, 0.15) is 341 Å². The van der Waals surface area contributed by atoms with Crippen LogP contribution in [-0.2, 0) is 14.3 Å². The summed E-state index contributed by atoms with van der Waals surface area (Å²) >= 11 is 0. The van der Waals surface area contributed by atoms with Gasteiger partial charge in [-0.15, -0.1) is 0 Å². The van der Waals surface area contributed by atoms with Gasteiger partial charge in [0.2, 0.25) is 5.91 Å². The van der Waals surface area contributed by atoms with Gasteiger partial charge in [-0.2, -0.15) is 0 Å². The molecule has 0 unspecified atom stereocenters. The number of amides is 1. The van der Waals surface area contributed by atoms with Crippen molar-refractivity contribution in [1.82, 2.24) is 5.32 Å². The van der Waals surface area contributed by atoms with Crippen LogP contribution in [0.5, 0.6) is 0 Å². The molecule has 0 saturated carbocycles. The zero-order chi connectivity index (χ0) is 51.4. The van der Waals surface area contributed by atoms with Gasteiger partial charge in [0.15, 0.2) is 0 Å². The molecule has 0 aromatic carbocycles. The summed E-state index contributed by atoms with van der Waals surface area (Å²) in [5, 5.41) is 23.1. The van der Waals surface area contributed by atoms with Crippen LogP contribution in [0.15, 0.2) is 36.5 Å². The largest absolute Gasteiger partial charge is 0.466 e. The zero-order valence-corrected chi connectivity index (χ0v) is 47.7. The number of aliphatic hydroxyl groups is 2. The number of nitrogens with one attached hydrogen (secondary N) is 1. The molecule has 0 radical (unpaired) electrons. The van der Waals surface area contributed by atoms with Crippen molar-refractivity contribution in [3.63, 3.8) is 0 Å². The Labute approximate surface area is 443 Å². The fraction of sp³-hybridized carbons (Fsp3) is 0.877. The Kier molecular flexibility index (Phi) is 59.0. The lowest BCUT2D eigenvalue weighted by molar-refractivity contribution is -0.143. The molecule has 3 N–H and O–H groups in total. The van der Waals surface area contributed by atoms with E-state index in [0.29, 0.717) is 19.4 Å². The summed E-state index contributed by atoms with van der Waals surface area (Å²) in [5.74, 6) is -0.0646. The molecular formula is C65H123NO5. The van der Waals surface area contributed by atoms with E-state index >= 15 is 0 Å². The van der Waals surface area contributed by atoms with Crippen LogP contribution in [0.3, 0.4) is 0 Å². The number of hydrogen-bond donors (Lipinski definition) is 3. The molecule has 0 aliphatic rings. The molecule has 0 aromatic heterocycles. The Balaban J connectivity index is 3.39. The second kappa shape index (κ2) is 60.6. The zero-order valence-electron chi connectivity index (χ0n) is 47.7. The first-order valence-electron chi connectivity index (χ1n) is 31.8. The van der Waals surface area contributed by atoms with Crippen LogP contribution < -0.4 is 5.32 Å². The fourth-order valence-electron chi connectivity index (χ4n) is 9.78. The minimum atomic E-state index is -0.844. The van der Waals surface area contributed by atoms with Gasteiger partial charge in [-0.3, -0.25) is 9.59 Å². The maximum absolute atomic E-state index is 12.5. The normalized spacial score (nSPS) is 12.8. The van der Waals surface area contributed by atoms with E-state index in [1.165, 1.54) is 263 Å².